The minimum Gasteiger partial charge on any atom is -0.337 e. The van der Waals surface area contributed by atoms with E-state index in [1.54, 1.807) is 0 Å². The number of hydrogen-bond acceptors (Lipinski definition) is 2. The van der Waals surface area contributed by atoms with Crippen LogP contribution in [0.3, 0.4) is 0 Å². The van der Waals surface area contributed by atoms with E-state index < -0.39 is 0 Å². The molecule has 0 saturated carbocycles. The van der Waals surface area contributed by atoms with E-state index in [9.17, 15) is 4.79 Å². The van der Waals surface area contributed by atoms with Gasteiger partial charge in [0.1, 0.15) is 0 Å². The van der Waals surface area contributed by atoms with Crippen LogP contribution in [0, 0.1) is 13.8 Å². The Labute approximate surface area is 122 Å². The number of hydrogen-bond donors (Lipinski definition) is 1. The van der Waals surface area contributed by atoms with E-state index in [-0.39, 0.29) is 5.91 Å². The molecule has 0 aliphatic carbocycles. The largest absolute Gasteiger partial charge is 0.337 e. The number of piperidine rings is 1. The highest BCUT2D eigenvalue weighted by Gasteiger charge is 2.20. The molecule has 0 aromatic heterocycles. The molecule has 1 atom stereocenters. The average Bonchev–Trinajstić information content (AvgIpc) is 2.48. The van der Waals surface area contributed by atoms with Gasteiger partial charge in [0, 0.05) is 24.7 Å². The molecule has 1 heterocycles. The van der Waals surface area contributed by atoms with Crippen LogP contribution in [0.1, 0.15) is 47.7 Å². The molecular formula is C17H26N2O. The lowest BCUT2D eigenvalue weighted by Crippen LogP contribution is -2.45. The van der Waals surface area contributed by atoms with Gasteiger partial charge in [0.2, 0.25) is 0 Å². The lowest BCUT2D eigenvalue weighted by Gasteiger charge is -2.30. The van der Waals surface area contributed by atoms with Crippen LogP contribution in [0.5, 0.6) is 0 Å². The SMILES string of the molecule is CCN(CC1CCCCN1)C(=O)c1ccc(C)c(C)c1. The van der Waals surface area contributed by atoms with Crippen molar-refractivity contribution in [2.24, 2.45) is 0 Å². The Morgan fingerprint density at radius 2 is 2.10 bits per heavy atom. The van der Waals surface area contributed by atoms with Gasteiger partial charge in [-0.15, -0.1) is 0 Å². The van der Waals surface area contributed by atoms with Crippen molar-refractivity contribution in [1.82, 2.24) is 10.2 Å². The Bertz CT molecular complexity index is 464. The molecule has 20 heavy (non-hydrogen) atoms. The number of aryl methyl sites for hydroxylation is 2. The molecule has 3 heteroatoms. The number of likely N-dealkylation sites (N-methyl/N-ethyl adjacent to an activating group) is 1. The minimum absolute atomic E-state index is 0.156. The number of amides is 1. The van der Waals surface area contributed by atoms with Crippen LogP contribution in [0.2, 0.25) is 0 Å². The van der Waals surface area contributed by atoms with Gasteiger partial charge in [-0.25, -0.2) is 0 Å². The van der Waals surface area contributed by atoms with Gasteiger partial charge in [0.25, 0.3) is 5.91 Å². The number of nitrogens with zero attached hydrogens (tertiary/aromatic N) is 1. The Hall–Kier alpha value is -1.35. The molecule has 3 nitrogen and oxygen atoms in total. The van der Waals surface area contributed by atoms with Gasteiger partial charge in [-0.1, -0.05) is 12.5 Å². The first kappa shape index (κ1) is 15.0. The second-order valence-electron chi connectivity index (χ2n) is 5.79. The van der Waals surface area contributed by atoms with Gasteiger partial charge in [0.05, 0.1) is 0 Å². The molecule has 1 aliphatic rings. The predicted octanol–water partition coefficient (Wildman–Crippen LogP) is 2.91. The van der Waals surface area contributed by atoms with E-state index in [4.69, 9.17) is 0 Å². The molecule has 1 fully saturated rings. The fourth-order valence-corrected chi connectivity index (χ4v) is 2.76. The molecule has 0 radical (unpaired) electrons. The summed E-state index contributed by atoms with van der Waals surface area (Å²) in [4.78, 5) is 14.6. The number of nitrogens with one attached hydrogen (secondary N) is 1. The van der Waals surface area contributed by atoms with E-state index in [2.05, 4.69) is 26.1 Å². The normalized spacial score (nSPS) is 18.9. The summed E-state index contributed by atoms with van der Waals surface area (Å²) in [6.07, 6.45) is 3.71. The second kappa shape index (κ2) is 6.89. The minimum atomic E-state index is 0.156. The molecule has 0 bridgehead atoms. The van der Waals surface area contributed by atoms with Crippen molar-refractivity contribution in [3.63, 3.8) is 0 Å². The Balaban J connectivity index is 2.05. The van der Waals surface area contributed by atoms with Crippen molar-refractivity contribution in [3.8, 4) is 0 Å². The summed E-state index contributed by atoms with van der Waals surface area (Å²) in [5.74, 6) is 0.156. The van der Waals surface area contributed by atoms with Crippen molar-refractivity contribution in [3.05, 3.63) is 34.9 Å². The van der Waals surface area contributed by atoms with Gasteiger partial charge < -0.3 is 10.2 Å². The van der Waals surface area contributed by atoms with Crippen LogP contribution in [0.4, 0.5) is 0 Å². The summed E-state index contributed by atoms with van der Waals surface area (Å²) in [7, 11) is 0. The zero-order valence-electron chi connectivity index (χ0n) is 12.9. The average molecular weight is 274 g/mol. The highest BCUT2D eigenvalue weighted by Crippen LogP contribution is 2.14. The highest BCUT2D eigenvalue weighted by molar-refractivity contribution is 5.94. The third-order valence-corrected chi connectivity index (χ3v) is 4.28. The van der Waals surface area contributed by atoms with Crippen LogP contribution >= 0.6 is 0 Å². The summed E-state index contributed by atoms with van der Waals surface area (Å²) in [5.41, 5.74) is 3.23. The fraction of sp³-hybridized carbons (Fsp3) is 0.588. The van der Waals surface area contributed by atoms with Crippen LogP contribution in [-0.2, 0) is 0 Å². The lowest BCUT2D eigenvalue weighted by molar-refractivity contribution is 0.0741. The number of carbonyl (C=O) groups excluding carboxylic acids is 1. The van der Waals surface area contributed by atoms with E-state index >= 15 is 0 Å². The zero-order chi connectivity index (χ0) is 14.5. The first-order valence-corrected chi connectivity index (χ1v) is 7.71. The first-order valence-electron chi connectivity index (χ1n) is 7.71. The summed E-state index contributed by atoms with van der Waals surface area (Å²) in [5, 5.41) is 3.52. The van der Waals surface area contributed by atoms with Gasteiger partial charge in [-0.05, 0) is 63.4 Å². The van der Waals surface area contributed by atoms with Crippen molar-refractivity contribution in [2.45, 2.75) is 46.1 Å². The Morgan fingerprint density at radius 3 is 2.70 bits per heavy atom. The van der Waals surface area contributed by atoms with Crippen molar-refractivity contribution in [2.75, 3.05) is 19.6 Å². The molecule has 0 spiro atoms. The number of carbonyl (C=O) groups is 1. The van der Waals surface area contributed by atoms with E-state index in [0.717, 1.165) is 25.2 Å². The molecule has 1 saturated heterocycles. The monoisotopic (exact) mass is 274 g/mol. The standard InChI is InChI=1S/C17H26N2O/c1-4-19(12-16-7-5-6-10-18-16)17(20)15-9-8-13(2)14(3)11-15/h8-9,11,16,18H,4-7,10,12H2,1-3H3. The van der Waals surface area contributed by atoms with Gasteiger partial charge in [-0.3, -0.25) is 4.79 Å². The van der Waals surface area contributed by atoms with E-state index in [1.165, 1.54) is 30.4 Å². The molecule has 1 unspecified atom stereocenters. The molecule has 1 aliphatic heterocycles. The molecule has 1 aromatic carbocycles. The van der Waals surface area contributed by atoms with Crippen LogP contribution in [0.15, 0.2) is 18.2 Å². The smallest absolute Gasteiger partial charge is 0.253 e. The lowest BCUT2D eigenvalue weighted by atomic mass is 10.0. The summed E-state index contributed by atoms with van der Waals surface area (Å²) >= 11 is 0. The topological polar surface area (TPSA) is 32.3 Å². The summed E-state index contributed by atoms with van der Waals surface area (Å²) < 4.78 is 0. The second-order valence-corrected chi connectivity index (χ2v) is 5.79. The van der Waals surface area contributed by atoms with Crippen LogP contribution in [-0.4, -0.2) is 36.5 Å². The fourth-order valence-electron chi connectivity index (χ4n) is 2.76. The molecule has 1 aromatic rings. The third-order valence-electron chi connectivity index (χ3n) is 4.28. The van der Waals surface area contributed by atoms with Crippen molar-refractivity contribution >= 4 is 5.91 Å². The molecule has 110 valence electrons. The maximum atomic E-state index is 12.6. The third kappa shape index (κ3) is 3.60. The van der Waals surface area contributed by atoms with Crippen LogP contribution in [0.25, 0.3) is 0 Å². The van der Waals surface area contributed by atoms with E-state index in [1.807, 2.05) is 23.1 Å². The zero-order valence-corrected chi connectivity index (χ0v) is 12.9. The van der Waals surface area contributed by atoms with E-state index in [0.29, 0.717) is 6.04 Å². The molecular weight excluding hydrogens is 248 g/mol. The quantitative estimate of drug-likeness (QED) is 0.915. The Morgan fingerprint density at radius 1 is 1.30 bits per heavy atom. The molecule has 1 amide bonds. The Kier molecular flexibility index (Phi) is 5.18. The maximum Gasteiger partial charge on any atom is 0.253 e. The highest BCUT2D eigenvalue weighted by atomic mass is 16.2. The van der Waals surface area contributed by atoms with Gasteiger partial charge >= 0.3 is 0 Å². The van der Waals surface area contributed by atoms with Crippen LogP contribution < -0.4 is 5.32 Å². The molecule has 2 rings (SSSR count). The summed E-state index contributed by atoms with van der Waals surface area (Å²) in [6.45, 7) is 8.87. The predicted molar refractivity (Wildman–Crippen MR) is 83.1 cm³/mol. The van der Waals surface area contributed by atoms with Gasteiger partial charge in [0.15, 0.2) is 0 Å². The number of rotatable bonds is 4. The number of benzene rings is 1. The van der Waals surface area contributed by atoms with Crippen molar-refractivity contribution < 1.29 is 4.79 Å². The maximum absolute atomic E-state index is 12.6. The van der Waals surface area contributed by atoms with Gasteiger partial charge in [-0.2, -0.15) is 0 Å². The summed E-state index contributed by atoms with van der Waals surface area (Å²) in [6, 6.07) is 6.45. The van der Waals surface area contributed by atoms with Crippen molar-refractivity contribution in [1.29, 1.82) is 0 Å². The molecule has 1 N–H and O–H groups in total. The first-order chi connectivity index (χ1) is 9.61.